The number of amides is 1. The first-order valence-corrected chi connectivity index (χ1v) is 7.13. The second-order valence-electron chi connectivity index (χ2n) is 4.91. The highest BCUT2D eigenvalue weighted by molar-refractivity contribution is 5.99. The van der Waals surface area contributed by atoms with E-state index >= 15 is 0 Å². The maximum Gasteiger partial charge on any atom is 0.303 e. The summed E-state index contributed by atoms with van der Waals surface area (Å²) in [4.78, 5) is 33.9. The molecule has 0 radical (unpaired) electrons. The SMILES string of the molecule is COc1cc(CCNC(C)=O)c(C(=O)CCC(=O)O)cc1OC. The van der Waals surface area contributed by atoms with E-state index in [1.54, 1.807) is 12.1 Å². The lowest BCUT2D eigenvalue weighted by molar-refractivity contribution is -0.137. The van der Waals surface area contributed by atoms with E-state index in [0.29, 0.717) is 35.6 Å². The van der Waals surface area contributed by atoms with E-state index in [9.17, 15) is 14.4 Å². The summed E-state index contributed by atoms with van der Waals surface area (Å²) < 4.78 is 10.4. The van der Waals surface area contributed by atoms with E-state index in [1.807, 2.05) is 0 Å². The number of rotatable bonds is 9. The lowest BCUT2D eigenvalue weighted by atomic mass is 9.97. The summed E-state index contributed by atoms with van der Waals surface area (Å²) >= 11 is 0. The number of methoxy groups -OCH3 is 2. The molecular formula is C16H21NO6. The Balaban J connectivity index is 3.08. The Bertz CT molecular complexity index is 596. The first kappa shape index (κ1) is 18.5. The minimum atomic E-state index is -1.03. The topological polar surface area (TPSA) is 102 Å². The van der Waals surface area contributed by atoms with Gasteiger partial charge in [0.05, 0.1) is 20.6 Å². The molecule has 0 fully saturated rings. The van der Waals surface area contributed by atoms with Gasteiger partial charge >= 0.3 is 5.97 Å². The number of hydrogen-bond acceptors (Lipinski definition) is 5. The molecule has 7 nitrogen and oxygen atoms in total. The standard InChI is InChI=1S/C16H21NO6/c1-10(18)17-7-6-11-8-14(22-2)15(23-3)9-12(11)13(19)4-5-16(20)21/h8-9H,4-7H2,1-3H3,(H,17,18)(H,20,21). The van der Waals surface area contributed by atoms with E-state index in [1.165, 1.54) is 21.1 Å². The summed E-state index contributed by atoms with van der Waals surface area (Å²) in [5.74, 6) is -0.608. The molecule has 0 unspecified atom stereocenters. The fourth-order valence-electron chi connectivity index (χ4n) is 2.12. The van der Waals surface area contributed by atoms with Crippen LogP contribution in [0, 0.1) is 0 Å². The van der Waals surface area contributed by atoms with Gasteiger partial charge in [-0.1, -0.05) is 0 Å². The largest absolute Gasteiger partial charge is 0.493 e. The zero-order valence-corrected chi connectivity index (χ0v) is 13.5. The van der Waals surface area contributed by atoms with Crippen LogP contribution in [-0.4, -0.2) is 43.5 Å². The van der Waals surface area contributed by atoms with E-state index in [2.05, 4.69) is 5.32 Å². The van der Waals surface area contributed by atoms with Crippen molar-refractivity contribution in [2.45, 2.75) is 26.2 Å². The average molecular weight is 323 g/mol. The van der Waals surface area contributed by atoms with Crippen LogP contribution in [0.25, 0.3) is 0 Å². The van der Waals surface area contributed by atoms with Gasteiger partial charge in [0.2, 0.25) is 5.91 Å². The lowest BCUT2D eigenvalue weighted by Gasteiger charge is -2.14. The molecule has 0 saturated carbocycles. The molecule has 1 rings (SSSR count). The Morgan fingerprint density at radius 2 is 1.70 bits per heavy atom. The Kier molecular flexibility index (Phi) is 7.05. The number of carboxylic acid groups (broad SMARTS) is 1. The van der Waals surface area contributed by atoms with Crippen LogP contribution in [0.15, 0.2) is 12.1 Å². The van der Waals surface area contributed by atoms with Crippen LogP contribution in [-0.2, 0) is 16.0 Å². The van der Waals surface area contributed by atoms with Crippen molar-refractivity contribution in [2.75, 3.05) is 20.8 Å². The zero-order chi connectivity index (χ0) is 17.4. The minimum Gasteiger partial charge on any atom is -0.493 e. The van der Waals surface area contributed by atoms with Gasteiger partial charge in [-0.25, -0.2) is 0 Å². The third kappa shape index (κ3) is 5.61. The number of benzene rings is 1. The lowest BCUT2D eigenvalue weighted by Crippen LogP contribution is -2.23. The maximum atomic E-state index is 12.3. The maximum absolute atomic E-state index is 12.3. The fraction of sp³-hybridized carbons (Fsp3) is 0.438. The number of ketones is 1. The van der Waals surface area contributed by atoms with Gasteiger partial charge in [-0.2, -0.15) is 0 Å². The summed E-state index contributed by atoms with van der Waals surface area (Å²) in [7, 11) is 2.95. The predicted molar refractivity (Wildman–Crippen MR) is 83.1 cm³/mol. The molecule has 0 saturated heterocycles. The molecule has 2 N–H and O–H groups in total. The molecule has 0 aliphatic heterocycles. The smallest absolute Gasteiger partial charge is 0.303 e. The third-order valence-electron chi connectivity index (χ3n) is 3.24. The van der Waals surface area contributed by atoms with Crippen molar-refractivity contribution in [1.82, 2.24) is 5.32 Å². The average Bonchev–Trinajstić information content (AvgIpc) is 2.51. The summed E-state index contributed by atoms with van der Waals surface area (Å²) in [5, 5.41) is 11.4. The number of ether oxygens (including phenoxy) is 2. The molecule has 0 aromatic heterocycles. The van der Waals surface area contributed by atoms with Gasteiger partial charge in [0.25, 0.3) is 0 Å². The molecule has 0 spiro atoms. The van der Waals surface area contributed by atoms with Crippen molar-refractivity contribution >= 4 is 17.7 Å². The van der Waals surface area contributed by atoms with E-state index in [-0.39, 0.29) is 24.5 Å². The first-order chi connectivity index (χ1) is 10.9. The summed E-state index contributed by atoms with van der Waals surface area (Å²) in [6, 6.07) is 3.22. The third-order valence-corrected chi connectivity index (χ3v) is 3.24. The summed E-state index contributed by atoms with van der Waals surface area (Å²) in [6.07, 6.45) is 0.0876. The van der Waals surface area contributed by atoms with Crippen molar-refractivity contribution in [2.24, 2.45) is 0 Å². The molecule has 1 amide bonds. The van der Waals surface area contributed by atoms with Crippen molar-refractivity contribution in [3.8, 4) is 11.5 Å². The molecule has 0 atom stereocenters. The van der Waals surface area contributed by atoms with E-state index in [4.69, 9.17) is 14.6 Å². The first-order valence-electron chi connectivity index (χ1n) is 7.13. The molecule has 126 valence electrons. The van der Waals surface area contributed by atoms with Crippen LogP contribution >= 0.6 is 0 Å². The molecule has 23 heavy (non-hydrogen) atoms. The molecule has 0 aliphatic carbocycles. The number of Topliss-reactive ketones (excluding diaryl/α,β-unsaturated/α-hetero) is 1. The van der Waals surface area contributed by atoms with Gasteiger partial charge < -0.3 is 19.9 Å². The highest BCUT2D eigenvalue weighted by Crippen LogP contribution is 2.31. The number of carbonyl (C=O) groups excluding carboxylic acids is 2. The van der Waals surface area contributed by atoms with Crippen LogP contribution in [0.2, 0.25) is 0 Å². The van der Waals surface area contributed by atoms with Gasteiger partial charge in [0, 0.05) is 25.5 Å². The van der Waals surface area contributed by atoms with Crippen LogP contribution in [0.4, 0.5) is 0 Å². The zero-order valence-electron chi connectivity index (χ0n) is 13.5. The second kappa shape index (κ2) is 8.77. The Hall–Kier alpha value is -2.57. The molecule has 1 aromatic rings. The number of nitrogens with one attached hydrogen (secondary N) is 1. The predicted octanol–water partition coefficient (Wildman–Crippen LogP) is 1.43. The number of carbonyl (C=O) groups is 3. The van der Waals surface area contributed by atoms with Crippen molar-refractivity contribution in [3.63, 3.8) is 0 Å². The Morgan fingerprint density at radius 3 is 2.22 bits per heavy atom. The Labute approximate surface area is 134 Å². The minimum absolute atomic E-state index is 0.0993. The monoisotopic (exact) mass is 323 g/mol. The van der Waals surface area contributed by atoms with Gasteiger partial charge in [0.15, 0.2) is 17.3 Å². The van der Waals surface area contributed by atoms with Gasteiger partial charge in [-0.15, -0.1) is 0 Å². The highest BCUT2D eigenvalue weighted by atomic mass is 16.5. The van der Waals surface area contributed by atoms with Crippen LogP contribution in [0.5, 0.6) is 11.5 Å². The van der Waals surface area contributed by atoms with Crippen LogP contribution < -0.4 is 14.8 Å². The van der Waals surface area contributed by atoms with E-state index < -0.39 is 5.97 Å². The molecule has 0 bridgehead atoms. The van der Waals surface area contributed by atoms with E-state index in [0.717, 1.165) is 0 Å². The highest BCUT2D eigenvalue weighted by Gasteiger charge is 2.17. The molecule has 0 aliphatic rings. The molecule has 7 heteroatoms. The number of hydrogen-bond donors (Lipinski definition) is 2. The molecule has 1 aromatic carbocycles. The van der Waals surface area contributed by atoms with Crippen molar-refractivity contribution in [1.29, 1.82) is 0 Å². The molecular weight excluding hydrogens is 302 g/mol. The quantitative estimate of drug-likeness (QED) is 0.667. The van der Waals surface area contributed by atoms with Gasteiger partial charge in [-0.3, -0.25) is 14.4 Å². The summed E-state index contributed by atoms with van der Waals surface area (Å²) in [6.45, 7) is 1.78. The summed E-state index contributed by atoms with van der Waals surface area (Å²) in [5.41, 5.74) is 1.06. The van der Waals surface area contributed by atoms with Crippen molar-refractivity contribution < 1.29 is 29.0 Å². The van der Waals surface area contributed by atoms with Gasteiger partial charge in [0.1, 0.15) is 0 Å². The molecule has 0 heterocycles. The van der Waals surface area contributed by atoms with Crippen molar-refractivity contribution in [3.05, 3.63) is 23.3 Å². The Morgan fingerprint density at radius 1 is 1.09 bits per heavy atom. The normalized spacial score (nSPS) is 10.0. The number of carboxylic acids is 1. The van der Waals surface area contributed by atoms with Gasteiger partial charge in [-0.05, 0) is 24.1 Å². The van der Waals surface area contributed by atoms with Crippen LogP contribution in [0.1, 0.15) is 35.7 Å². The fourth-order valence-corrected chi connectivity index (χ4v) is 2.12. The second-order valence-corrected chi connectivity index (χ2v) is 4.91. The van der Waals surface area contributed by atoms with Crippen LogP contribution in [0.3, 0.4) is 0 Å². The number of aliphatic carboxylic acids is 1.